The third kappa shape index (κ3) is 0.956. The van der Waals surface area contributed by atoms with Crippen molar-refractivity contribution in [1.82, 2.24) is 4.98 Å². The van der Waals surface area contributed by atoms with Crippen molar-refractivity contribution in [2.75, 3.05) is 0 Å². The number of nitriles is 1. The lowest BCUT2D eigenvalue weighted by Crippen LogP contribution is -1.73. The molecule has 3 heteroatoms. The normalized spacial score (nSPS) is 10.0. The third-order valence-corrected chi connectivity index (χ3v) is 1.96. The lowest BCUT2D eigenvalue weighted by atomic mass is 10.1. The fourth-order valence-electron chi connectivity index (χ4n) is 1.22. The first-order valence-electron chi connectivity index (χ1n) is 3.48. The van der Waals surface area contributed by atoms with Crippen LogP contribution in [0.4, 0.5) is 0 Å². The molecule has 12 heavy (non-hydrogen) atoms. The molecule has 1 heterocycles. The Bertz CT molecular complexity index is 465. The molecule has 1 N–H and O–H groups in total. The van der Waals surface area contributed by atoms with E-state index in [1.807, 2.05) is 12.1 Å². The Hall–Kier alpha value is -1.46. The molecule has 58 valence electrons. The molecule has 0 bridgehead atoms. The van der Waals surface area contributed by atoms with E-state index in [1.165, 1.54) is 0 Å². The monoisotopic (exact) mass is 176 g/mol. The number of nitrogens with zero attached hydrogens (tertiary/aromatic N) is 1. The molecule has 0 saturated carbocycles. The number of aromatic nitrogens is 1. The van der Waals surface area contributed by atoms with Crippen LogP contribution in [0.25, 0.3) is 10.9 Å². The summed E-state index contributed by atoms with van der Waals surface area (Å²) < 4.78 is 0. The molecule has 0 spiro atoms. The predicted molar refractivity (Wildman–Crippen MR) is 48.0 cm³/mol. The topological polar surface area (TPSA) is 39.6 Å². The van der Waals surface area contributed by atoms with Crippen LogP contribution in [0.15, 0.2) is 24.3 Å². The largest absolute Gasteiger partial charge is 0.346 e. The minimum atomic E-state index is 0.563. The van der Waals surface area contributed by atoms with E-state index in [9.17, 15) is 0 Å². The maximum Gasteiger partial charge on any atom is 0.107 e. The van der Waals surface area contributed by atoms with Crippen molar-refractivity contribution in [3.63, 3.8) is 0 Å². The van der Waals surface area contributed by atoms with Crippen LogP contribution in [0, 0.1) is 11.3 Å². The zero-order chi connectivity index (χ0) is 8.55. The van der Waals surface area contributed by atoms with E-state index in [4.69, 9.17) is 16.9 Å². The second kappa shape index (κ2) is 2.54. The van der Waals surface area contributed by atoms with Gasteiger partial charge < -0.3 is 4.98 Å². The van der Waals surface area contributed by atoms with Crippen LogP contribution >= 0.6 is 11.6 Å². The van der Waals surface area contributed by atoms with Crippen LogP contribution in [0.3, 0.4) is 0 Å². The van der Waals surface area contributed by atoms with E-state index in [-0.39, 0.29) is 0 Å². The number of benzene rings is 1. The Morgan fingerprint density at radius 2 is 2.25 bits per heavy atom. The number of H-pyrrole nitrogens is 1. The molecule has 0 amide bonds. The molecule has 0 atom stereocenters. The first kappa shape index (κ1) is 7.20. The zero-order valence-corrected chi connectivity index (χ0v) is 6.89. The Kier molecular flexibility index (Phi) is 1.53. The molecule has 2 rings (SSSR count). The van der Waals surface area contributed by atoms with Gasteiger partial charge in [0.05, 0.1) is 11.6 Å². The van der Waals surface area contributed by atoms with E-state index >= 15 is 0 Å². The highest BCUT2D eigenvalue weighted by Gasteiger charge is 2.02. The Morgan fingerprint density at radius 1 is 1.42 bits per heavy atom. The number of aromatic amines is 1. The van der Waals surface area contributed by atoms with Crippen molar-refractivity contribution in [3.05, 3.63) is 35.0 Å². The summed E-state index contributed by atoms with van der Waals surface area (Å²) in [5.74, 6) is 0. The Labute approximate surface area is 74.4 Å². The van der Waals surface area contributed by atoms with Gasteiger partial charge in [-0.05, 0) is 18.2 Å². The predicted octanol–water partition coefficient (Wildman–Crippen LogP) is 2.69. The van der Waals surface area contributed by atoms with Crippen LogP contribution in [0.1, 0.15) is 5.56 Å². The quantitative estimate of drug-likeness (QED) is 0.659. The number of fused-ring (bicyclic) bond motifs is 1. The van der Waals surface area contributed by atoms with Crippen molar-refractivity contribution < 1.29 is 0 Å². The molecule has 0 aliphatic rings. The molecule has 0 unspecified atom stereocenters. The van der Waals surface area contributed by atoms with Crippen molar-refractivity contribution >= 4 is 22.5 Å². The van der Waals surface area contributed by atoms with Crippen LogP contribution < -0.4 is 0 Å². The summed E-state index contributed by atoms with van der Waals surface area (Å²) in [7, 11) is 0. The smallest absolute Gasteiger partial charge is 0.107 e. The average Bonchev–Trinajstić information content (AvgIpc) is 2.44. The maximum atomic E-state index is 8.74. The molecule has 2 aromatic rings. The molecule has 0 radical (unpaired) electrons. The lowest BCUT2D eigenvalue weighted by molar-refractivity contribution is 1.47. The summed E-state index contributed by atoms with van der Waals surface area (Å²) in [6.07, 6.45) is 0. The van der Waals surface area contributed by atoms with E-state index < -0.39 is 0 Å². The van der Waals surface area contributed by atoms with Crippen LogP contribution in [-0.4, -0.2) is 4.98 Å². The van der Waals surface area contributed by atoms with Crippen molar-refractivity contribution in [2.45, 2.75) is 0 Å². The highest BCUT2D eigenvalue weighted by atomic mass is 35.5. The van der Waals surface area contributed by atoms with Gasteiger partial charge in [-0.3, -0.25) is 0 Å². The summed E-state index contributed by atoms with van der Waals surface area (Å²) in [5, 5.41) is 10.2. The van der Waals surface area contributed by atoms with Crippen LogP contribution in [0.2, 0.25) is 5.15 Å². The molecule has 2 nitrogen and oxygen atoms in total. The maximum absolute atomic E-state index is 8.74. The van der Waals surface area contributed by atoms with Gasteiger partial charge >= 0.3 is 0 Å². The fraction of sp³-hybridized carbons (Fsp3) is 0. The van der Waals surface area contributed by atoms with Crippen LogP contribution in [0.5, 0.6) is 0 Å². The van der Waals surface area contributed by atoms with Gasteiger partial charge in [0.1, 0.15) is 5.15 Å². The van der Waals surface area contributed by atoms with Gasteiger partial charge in [0.2, 0.25) is 0 Å². The molecule has 0 fully saturated rings. The molecule has 1 aromatic carbocycles. The van der Waals surface area contributed by atoms with E-state index in [0.717, 1.165) is 10.9 Å². The van der Waals surface area contributed by atoms with E-state index in [2.05, 4.69) is 11.1 Å². The zero-order valence-electron chi connectivity index (χ0n) is 6.13. The van der Waals surface area contributed by atoms with Crippen molar-refractivity contribution in [2.24, 2.45) is 0 Å². The van der Waals surface area contributed by atoms with Gasteiger partial charge in [0.25, 0.3) is 0 Å². The number of nitrogens with one attached hydrogen (secondary N) is 1. The number of halogens is 1. The molecule has 0 aliphatic carbocycles. The van der Waals surface area contributed by atoms with Crippen LogP contribution in [-0.2, 0) is 0 Å². The Morgan fingerprint density at radius 3 is 3.00 bits per heavy atom. The van der Waals surface area contributed by atoms with Gasteiger partial charge in [-0.2, -0.15) is 5.26 Å². The molecular formula is C9H5ClN2. The van der Waals surface area contributed by atoms with E-state index in [1.54, 1.807) is 12.1 Å². The van der Waals surface area contributed by atoms with Crippen molar-refractivity contribution in [1.29, 1.82) is 5.26 Å². The molecule has 1 aromatic heterocycles. The number of hydrogen-bond donors (Lipinski definition) is 1. The molecule has 0 aliphatic heterocycles. The van der Waals surface area contributed by atoms with Gasteiger partial charge in [0, 0.05) is 10.9 Å². The highest BCUT2D eigenvalue weighted by molar-refractivity contribution is 6.30. The minimum Gasteiger partial charge on any atom is -0.346 e. The fourth-order valence-corrected chi connectivity index (χ4v) is 1.43. The van der Waals surface area contributed by atoms with Gasteiger partial charge in [-0.15, -0.1) is 0 Å². The second-order valence-corrected chi connectivity index (χ2v) is 2.90. The summed E-state index contributed by atoms with van der Waals surface area (Å²) in [6.45, 7) is 0. The first-order valence-corrected chi connectivity index (χ1v) is 3.86. The molecular weight excluding hydrogens is 172 g/mol. The number of rotatable bonds is 0. The van der Waals surface area contributed by atoms with Crippen molar-refractivity contribution in [3.8, 4) is 6.07 Å². The second-order valence-electron chi connectivity index (χ2n) is 2.50. The first-order chi connectivity index (χ1) is 5.81. The van der Waals surface area contributed by atoms with Gasteiger partial charge in [0.15, 0.2) is 0 Å². The average molecular weight is 177 g/mol. The third-order valence-electron chi connectivity index (χ3n) is 1.75. The minimum absolute atomic E-state index is 0.563. The summed E-state index contributed by atoms with van der Waals surface area (Å²) >= 11 is 5.75. The Balaban J connectivity index is 2.89. The number of hydrogen-bond acceptors (Lipinski definition) is 1. The highest BCUT2D eigenvalue weighted by Crippen LogP contribution is 2.21. The van der Waals surface area contributed by atoms with Gasteiger partial charge in [-0.25, -0.2) is 0 Å². The van der Waals surface area contributed by atoms with Gasteiger partial charge in [-0.1, -0.05) is 17.7 Å². The summed E-state index contributed by atoms with van der Waals surface area (Å²) in [5.41, 5.74) is 1.55. The summed E-state index contributed by atoms with van der Waals surface area (Å²) in [4.78, 5) is 2.95. The molecule has 0 saturated heterocycles. The summed E-state index contributed by atoms with van der Waals surface area (Å²) in [6, 6.07) is 9.35. The van der Waals surface area contributed by atoms with E-state index in [0.29, 0.717) is 10.7 Å². The SMILES string of the molecule is N#Cc1cccc2[nH]c(Cl)cc12. The lowest BCUT2D eigenvalue weighted by Gasteiger charge is -1.89. The standard InChI is InChI=1S/C9H5ClN2/c10-9-4-7-6(5-11)2-1-3-8(7)12-9/h1-4,12H.